The highest BCUT2D eigenvalue weighted by atomic mass is 19.1. The fraction of sp³-hybridized carbons (Fsp3) is 0.385. The highest BCUT2D eigenvalue weighted by Gasteiger charge is 2.36. The fourth-order valence-corrected chi connectivity index (χ4v) is 2.24. The van der Waals surface area contributed by atoms with E-state index >= 15 is 0 Å². The number of hydrogen-bond acceptors (Lipinski definition) is 2. The Kier molecular flexibility index (Phi) is 2.24. The number of amides is 1. The van der Waals surface area contributed by atoms with Gasteiger partial charge >= 0.3 is 0 Å². The van der Waals surface area contributed by atoms with Gasteiger partial charge in [0.1, 0.15) is 5.82 Å². The Morgan fingerprint density at radius 3 is 2.82 bits per heavy atom. The van der Waals surface area contributed by atoms with Crippen LogP contribution in [0.15, 0.2) is 18.2 Å². The molecule has 0 aromatic heterocycles. The van der Waals surface area contributed by atoms with Crippen LogP contribution in [0, 0.1) is 5.82 Å². The lowest BCUT2D eigenvalue weighted by Gasteiger charge is -2.10. The van der Waals surface area contributed by atoms with E-state index in [0.717, 1.165) is 12.8 Å². The molecule has 1 aromatic rings. The van der Waals surface area contributed by atoms with Crippen molar-refractivity contribution in [1.29, 1.82) is 0 Å². The lowest BCUT2D eigenvalue weighted by atomic mass is 10.0. The molecule has 4 heteroatoms. The molecule has 2 aliphatic rings. The molecule has 0 heterocycles. The van der Waals surface area contributed by atoms with E-state index in [2.05, 4.69) is 5.32 Å². The number of benzene rings is 1. The zero-order valence-electron chi connectivity index (χ0n) is 9.20. The van der Waals surface area contributed by atoms with E-state index in [9.17, 15) is 14.0 Å². The highest BCUT2D eigenvalue weighted by Crippen LogP contribution is 2.34. The van der Waals surface area contributed by atoms with Gasteiger partial charge in [-0.15, -0.1) is 0 Å². The molecular formula is C13H12FNO2. The van der Waals surface area contributed by atoms with Crippen molar-refractivity contribution in [3.05, 3.63) is 35.1 Å². The van der Waals surface area contributed by atoms with Gasteiger partial charge in [-0.25, -0.2) is 4.39 Å². The predicted octanol–water partition coefficient (Wildman–Crippen LogP) is 1.77. The third-order valence-electron chi connectivity index (χ3n) is 3.32. The second-order valence-electron chi connectivity index (χ2n) is 4.69. The number of Topliss-reactive ketones (excluding diaryl/α,β-unsaturated/α-hetero) is 1. The van der Waals surface area contributed by atoms with E-state index in [-0.39, 0.29) is 24.2 Å². The van der Waals surface area contributed by atoms with Gasteiger partial charge in [-0.05, 0) is 30.5 Å². The SMILES string of the molecule is O=C1CC(C(=O)NC2CC2)c2ccc(F)cc21. The molecule has 1 N–H and O–H groups in total. The Bertz CT molecular complexity index is 508. The highest BCUT2D eigenvalue weighted by molar-refractivity contribution is 6.06. The number of hydrogen-bond donors (Lipinski definition) is 1. The van der Waals surface area contributed by atoms with Gasteiger partial charge in [0, 0.05) is 18.0 Å². The van der Waals surface area contributed by atoms with Crippen LogP contribution in [-0.2, 0) is 4.79 Å². The van der Waals surface area contributed by atoms with E-state index in [4.69, 9.17) is 0 Å². The van der Waals surface area contributed by atoms with Gasteiger partial charge in [0.05, 0.1) is 5.92 Å². The van der Waals surface area contributed by atoms with Crippen molar-refractivity contribution in [2.45, 2.75) is 31.2 Å². The first-order chi connectivity index (χ1) is 8.15. The maximum Gasteiger partial charge on any atom is 0.228 e. The van der Waals surface area contributed by atoms with Crippen molar-refractivity contribution >= 4 is 11.7 Å². The van der Waals surface area contributed by atoms with Crippen LogP contribution in [0.5, 0.6) is 0 Å². The van der Waals surface area contributed by atoms with E-state index in [1.54, 1.807) is 6.07 Å². The van der Waals surface area contributed by atoms with Gasteiger partial charge in [0.2, 0.25) is 5.91 Å². The number of carbonyl (C=O) groups is 2. The van der Waals surface area contributed by atoms with Crippen LogP contribution < -0.4 is 5.32 Å². The zero-order valence-corrected chi connectivity index (χ0v) is 9.20. The third-order valence-corrected chi connectivity index (χ3v) is 3.32. The molecule has 2 aliphatic carbocycles. The van der Waals surface area contributed by atoms with Crippen LogP contribution in [0.3, 0.4) is 0 Å². The summed E-state index contributed by atoms with van der Waals surface area (Å²) in [5, 5.41) is 2.89. The van der Waals surface area contributed by atoms with Crippen molar-refractivity contribution in [1.82, 2.24) is 5.32 Å². The minimum absolute atomic E-state index is 0.105. The summed E-state index contributed by atoms with van der Waals surface area (Å²) in [6.07, 6.45) is 2.20. The van der Waals surface area contributed by atoms with Crippen LogP contribution >= 0.6 is 0 Å². The zero-order chi connectivity index (χ0) is 12.0. The van der Waals surface area contributed by atoms with Gasteiger partial charge in [-0.2, -0.15) is 0 Å². The molecule has 3 rings (SSSR count). The Labute approximate surface area is 98.0 Å². The standard InChI is InChI=1S/C13H12FNO2/c14-7-1-4-9-10(5-7)12(16)6-11(9)13(17)15-8-2-3-8/h1,4-5,8,11H,2-3,6H2,(H,15,17). The lowest BCUT2D eigenvalue weighted by molar-refractivity contribution is -0.122. The molecule has 1 atom stereocenters. The maximum absolute atomic E-state index is 13.0. The molecule has 1 unspecified atom stereocenters. The molecule has 0 radical (unpaired) electrons. The van der Waals surface area contributed by atoms with Crippen molar-refractivity contribution < 1.29 is 14.0 Å². The van der Waals surface area contributed by atoms with Crippen LogP contribution in [0.25, 0.3) is 0 Å². The molecular weight excluding hydrogens is 221 g/mol. The fourth-order valence-electron chi connectivity index (χ4n) is 2.24. The predicted molar refractivity (Wildman–Crippen MR) is 59.3 cm³/mol. The first-order valence-electron chi connectivity index (χ1n) is 5.78. The molecule has 0 bridgehead atoms. The molecule has 17 heavy (non-hydrogen) atoms. The molecule has 1 fully saturated rings. The minimum atomic E-state index is -0.432. The number of carbonyl (C=O) groups excluding carboxylic acids is 2. The first kappa shape index (κ1) is 10.4. The Balaban J connectivity index is 1.89. The minimum Gasteiger partial charge on any atom is -0.353 e. The van der Waals surface area contributed by atoms with Crippen LogP contribution in [0.1, 0.15) is 41.1 Å². The normalized spacial score (nSPS) is 22.4. The summed E-state index contributed by atoms with van der Waals surface area (Å²) < 4.78 is 13.0. The van der Waals surface area contributed by atoms with Gasteiger partial charge in [-0.1, -0.05) is 6.07 Å². The molecule has 1 saturated carbocycles. The average molecular weight is 233 g/mol. The van der Waals surface area contributed by atoms with Crippen LogP contribution in [-0.4, -0.2) is 17.7 Å². The third kappa shape index (κ3) is 1.84. The van der Waals surface area contributed by atoms with E-state index in [0.29, 0.717) is 11.1 Å². The molecule has 1 amide bonds. The molecule has 1 aromatic carbocycles. The Morgan fingerprint density at radius 1 is 1.35 bits per heavy atom. The van der Waals surface area contributed by atoms with Gasteiger partial charge in [-0.3, -0.25) is 9.59 Å². The molecule has 0 saturated heterocycles. The van der Waals surface area contributed by atoms with Gasteiger partial charge in [0.15, 0.2) is 5.78 Å². The monoisotopic (exact) mass is 233 g/mol. The molecule has 0 spiro atoms. The van der Waals surface area contributed by atoms with E-state index in [1.807, 2.05) is 0 Å². The average Bonchev–Trinajstić information content (AvgIpc) is 3.04. The van der Waals surface area contributed by atoms with Crippen molar-refractivity contribution in [2.75, 3.05) is 0 Å². The van der Waals surface area contributed by atoms with E-state index in [1.165, 1.54) is 12.1 Å². The summed E-state index contributed by atoms with van der Waals surface area (Å²) in [5.41, 5.74) is 1.02. The van der Waals surface area contributed by atoms with Gasteiger partial charge < -0.3 is 5.32 Å². The summed E-state index contributed by atoms with van der Waals surface area (Å²) in [4.78, 5) is 23.6. The number of nitrogens with one attached hydrogen (secondary N) is 1. The summed E-state index contributed by atoms with van der Waals surface area (Å²) in [6.45, 7) is 0. The Hall–Kier alpha value is -1.71. The smallest absolute Gasteiger partial charge is 0.228 e. The maximum atomic E-state index is 13.0. The summed E-state index contributed by atoms with van der Waals surface area (Å²) in [6, 6.07) is 4.35. The number of rotatable bonds is 2. The summed E-state index contributed by atoms with van der Waals surface area (Å²) in [5.74, 6) is -1.11. The molecule has 0 aliphatic heterocycles. The topological polar surface area (TPSA) is 46.2 Å². The van der Waals surface area contributed by atoms with Crippen LogP contribution in [0.4, 0.5) is 4.39 Å². The Morgan fingerprint density at radius 2 is 2.12 bits per heavy atom. The van der Waals surface area contributed by atoms with E-state index < -0.39 is 11.7 Å². The molecule has 3 nitrogen and oxygen atoms in total. The van der Waals surface area contributed by atoms with Crippen molar-refractivity contribution in [2.24, 2.45) is 0 Å². The number of fused-ring (bicyclic) bond motifs is 1. The summed E-state index contributed by atoms with van der Waals surface area (Å²) >= 11 is 0. The van der Waals surface area contributed by atoms with Gasteiger partial charge in [0.25, 0.3) is 0 Å². The second kappa shape index (κ2) is 3.65. The van der Waals surface area contributed by atoms with Crippen LogP contribution in [0.2, 0.25) is 0 Å². The van der Waals surface area contributed by atoms with Crippen molar-refractivity contribution in [3.63, 3.8) is 0 Å². The number of halogens is 1. The van der Waals surface area contributed by atoms with Crippen molar-refractivity contribution in [3.8, 4) is 0 Å². The molecule has 88 valence electrons. The largest absolute Gasteiger partial charge is 0.353 e. The first-order valence-corrected chi connectivity index (χ1v) is 5.78. The number of ketones is 1. The quantitative estimate of drug-likeness (QED) is 0.846. The second-order valence-corrected chi connectivity index (χ2v) is 4.69. The summed E-state index contributed by atoms with van der Waals surface area (Å²) in [7, 11) is 0. The lowest BCUT2D eigenvalue weighted by Crippen LogP contribution is -2.30.